The second-order valence-electron chi connectivity index (χ2n) is 6.22. The first kappa shape index (κ1) is 21.5. The summed E-state index contributed by atoms with van der Waals surface area (Å²) in [6.07, 6.45) is 6.27. The molecule has 2 rings (SSSR count). The van der Waals surface area contributed by atoms with Gasteiger partial charge >= 0.3 is 0 Å². The zero-order valence-electron chi connectivity index (χ0n) is 16.6. The highest BCUT2D eigenvalue weighted by atomic mass is 16.5. The number of carbonyl (C=O) groups excluding carboxylic acids is 2. The van der Waals surface area contributed by atoms with Crippen LogP contribution in [-0.2, 0) is 9.59 Å². The monoisotopic (exact) mass is 393 g/mol. The van der Waals surface area contributed by atoms with Gasteiger partial charge in [0.15, 0.2) is 11.5 Å². The molecule has 0 aliphatic heterocycles. The Morgan fingerprint density at radius 2 is 1.90 bits per heavy atom. The van der Waals surface area contributed by atoms with Crippen LogP contribution in [0.2, 0.25) is 0 Å². The van der Waals surface area contributed by atoms with Crippen molar-refractivity contribution in [2.75, 3.05) is 19.0 Å². The molecule has 2 aromatic rings. The summed E-state index contributed by atoms with van der Waals surface area (Å²) in [5, 5.41) is 6.55. The molecule has 0 saturated carbocycles. The SMILES string of the molecule is C#CCOc1ccc(C=NNC(=O)CC(=O)Nc2ccc(C)c(C)c2)cc1OC. The summed E-state index contributed by atoms with van der Waals surface area (Å²) in [4.78, 5) is 23.9. The van der Waals surface area contributed by atoms with Crippen LogP contribution < -0.4 is 20.2 Å². The number of amides is 2. The van der Waals surface area contributed by atoms with Crippen LogP contribution in [0.4, 0.5) is 5.69 Å². The van der Waals surface area contributed by atoms with Crippen molar-refractivity contribution >= 4 is 23.7 Å². The Morgan fingerprint density at radius 1 is 1.10 bits per heavy atom. The molecule has 0 radical (unpaired) electrons. The maximum absolute atomic E-state index is 12.0. The first-order valence-electron chi connectivity index (χ1n) is 8.86. The average Bonchev–Trinajstić information content (AvgIpc) is 2.69. The third-order valence-electron chi connectivity index (χ3n) is 4.01. The summed E-state index contributed by atoms with van der Waals surface area (Å²) >= 11 is 0. The lowest BCUT2D eigenvalue weighted by Crippen LogP contribution is -2.24. The van der Waals surface area contributed by atoms with Crippen molar-refractivity contribution in [1.29, 1.82) is 0 Å². The molecule has 150 valence electrons. The standard InChI is InChI=1S/C22H23N3O4/c1-5-10-29-19-9-7-17(12-20(19)28-4)14-23-25-22(27)13-21(26)24-18-8-6-15(2)16(3)11-18/h1,6-9,11-12,14H,10,13H2,2-4H3,(H,24,26)(H,25,27). The molecule has 2 amide bonds. The van der Waals surface area contributed by atoms with E-state index in [-0.39, 0.29) is 13.0 Å². The minimum absolute atomic E-state index is 0.129. The van der Waals surface area contributed by atoms with Crippen molar-refractivity contribution in [3.05, 3.63) is 53.1 Å². The van der Waals surface area contributed by atoms with E-state index in [1.807, 2.05) is 26.0 Å². The van der Waals surface area contributed by atoms with Gasteiger partial charge < -0.3 is 14.8 Å². The topological polar surface area (TPSA) is 89.0 Å². The summed E-state index contributed by atoms with van der Waals surface area (Å²) in [5.41, 5.74) is 5.83. The van der Waals surface area contributed by atoms with Crippen LogP contribution in [-0.4, -0.2) is 31.7 Å². The third-order valence-corrected chi connectivity index (χ3v) is 4.01. The van der Waals surface area contributed by atoms with Crippen molar-refractivity contribution in [3.63, 3.8) is 0 Å². The van der Waals surface area contributed by atoms with E-state index >= 15 is 0 Å². The largest absolute Gasteiger partial charge is 0.493 e. The van der Waals surface area contributed by atoms with Crippen molar-refractivity contribution in [1.82, 2.24) is 5.43 Å². The number of aryl methyl sites for hydroxylation is 2. The smallest absolute Gasteiger partial charge is 0.249 e. The zero-order valence-corrected chi connectivity index (χ0v) is 16.6. The molecule has 0 bridgehead atoms. The van der Waals surface area contributed by atoms with Crippen LogP contribution in [0.15, 0.2) is 41.5 Å². The fourth-order valence-corrected chi connectivity index (χ4v) is 2.39. The van der Waals surface area contributed by atoms with E-state index in [0.717, 1.165) is 11.1 Å². The first-order valence-corrected chi connectivity index (χ1v) is 8.86. The molecule has 0 spiro atoms. The predicted octanol–water partition coefficient (Wildman–Crippen LogP) is 2.80. The van der Waals surface area contributed by atoms with E-state index in [2.05, 4.69) is 21.8 Å². The molecule has 0 unspecified atom stereocenters. The quantitative estimate of drug-likeness (QED) is 0.312. The van der Waals surface area contributed by atoms with Crippen molar-refractivity contribution < 1.29 is 19.1 Å². The fourth-order valence-electron chi connectivity index (χ4n) is 2.39. The van der Waals surface area contributed by atoms with Gasteiger partial charge in [-0.3, -0.25) is 9.59 Å². The molecular weight excluding hydrogens is 370 g/mol. The molecule has 0 atom stereocenters. The van der Waals surface area contributed by atoms with Gasteiger partial charge in [-0.2, -0.15) is 5.10 Å². The number of benzene rings is 2. The number of carbonyl (C=O) groups is 2. The summed E-state index contributed by atoms with van der Waals surface area (Å²) < 4.78 is 10.6. The number of nitrogens with zero attached hydrogens (tertiary/aromatic N) is 1. The van der Waals surface area contributed by atoms with Crippen LogP contribution in [0.25, 0.3) is 0 Å². The lowest BCUT2D eigenvalue weighted by molar-refractivity contribution is -0.126. The highest BCUT2D eigenvalue weighted by molar-refractivity contribution is 6.03. The van der Waals surface area contributed by atoms with Crippen molar-refractivity contribution in [3.8, 4) is 23.8 Å². The van der Waals surface area contributed by atoms with E-state index in [1.54, 1.807) is 24.3 Å². The van der Waals surface area contributed by atoms with E-state index in [0.29, 0.717) is 22.7 Å². The average molecular weight is 393 g/mol. The molecular formula is C22H23N3O4. The Hall–Kier alpha value is -3.79. The Bertz CT molecular complexity index is 961. The maximum atomic E-state index is 12.0. The summed E-state index contributed by atoms with van der Waals surface area (Å²) in [6, 6.07) is 10.7. The molecule has 0 fully saturated rings. The molecule has 2 aromatic carbocycles. The predicted molar refractivity (Wildman–Crippen MR) is 112 cm³/mol. The number of hydrogen-bond donors (Lipinski definition) is 2. The number of nitrogens with one attached hydrogen (secondary N) is 2. The van der Waals surface area contributed by atoms with Gasteiger partial charge in [-0.15, -0.1) is 6.42 Å². The number of hydrogen-bond acceptors (Lipinski definition) is 5. The van der Waals surface area contributed by atoms with Crippen LogP contribution in [0.3, 0.4) is 0 Å². The molecule has 0 saturated heterocycles. The summed E-state index contributed by atoms with van der Waals surface area (Å²) in [7, 11) is 1.51. The van der Waals surface area contributed by atoms with Crippen LogP contribution in [0.5, 0.6) is 11.5 Å². The van der Waals surface area contributed by atoms with Gasteiger partial charge in [0.25, 0.3) is 0 Å². The van der Waals surface area contributed by atoms with Crippen LogP contribution >= 0.6 is 0 Å². The lowest BCUT2D eigenvalue weighted by atomic mass is 10.1. The Kier molecular flexibility index (Phi) is 7.80. The highest BCUT2D eigenvalue weighted by Crippen LogP contribution is 2.27. The molecule has 0 aliphatic carbocycles. The van der Waals surface area contributed by atoms with Gasteiger partial charge in [-0.1, -0.05) is 12.0 Å². The fraction of sp³-hybridized carbons (Fsp3) is 0.227. The first-order chi connectivity index (χ1) is 13.9. The number of hydrazone groups is 1. The molecule has 0 aliphatic rings. The normalized spacial score (nSPS) is 10.3. The van der Waals surface area contributed by atoms with Crippen LogP contribution in [0.1, 0.15) is 23.1 Å². The van der Waals surface area contributed by atoms with Gasteiger partial charge in [0.05, 0.1) is 13.3 Å². The highest BCUT2D eigenvalue weighted by Gasteiger charge is 2.09. The van der Waals surface area contributed by atoms with E-state index in [4.69, 9.17) is 15.9 Å². The molecule has 0 heterocycles. The molecule has 7 heteroatoms. The van der Waals surface area contributed by atoms with Gasteiger partial charge in [0.1, 0.15) is 13.0 Å². The molecule has 29 heavy (non-hydrogen) atoms. The third kappa shape index (κ3) is 6.70. The molecule has 7 nitrogen and oxygen atoms in total. The second-order valence-corrected chi connectivity index (χ2v) is 6.22. The zero-order chi connectivity index (χ0) is 21.2. The number of methoxy groups -OCH3 is 1. The van der Waals surface area contributed by atoms with Gasteiger partial charge in [0, 0.05) is 5.69 Å². The molecule has 0 aromatic heterocycles. The van der Waals surface area contributed by atoms with E-state index in [9.17, 15) is 9.59 Å². The maximum Gasteiger partial charge on any atom is 0.249 e. The number of anilines is 1. The summed E-state index contributed by atoms with van der Waals surface area (Å²) in [5.74, 6) is 2.44. The lowest BCUT2D eigenvalue weighted by Gasteiger charge is -2.09. The van der Waals surface area contributed by atoms with Gasteiger partial charge in [-0.25, -0.2) is 5.43 Å². The number of rotatable bonds is 8. The molecule has 2 N–H and O–H groups in total. The van der Waals surface area contributed by atoms with E-state index < -0.39 is 11.8 Å². The van der Waals surface area contributed by atoms with Gasteiger partial charge in [0.2, 0.25) is 11.8 Å². The van der Waals surface area contributed by atoms with Crippen LogP contribution in [0, 0.1) is 26.2 Å². The van der Waals surface area contributed by atoms with Gasteiger partial charge in [-0.05, 0) is 60.9 Å². The van der Waals surface area contributed by atoms with Crippen molar-refractivity contribution in [2.24, 2.45) is 5.10 Å². The summed E-state index contributed by atoms with van der Waals surface area (Å²) in [6.45, 7) is 4.07. The number of terminal acetylenes is 1. The second kappa shape index (κ2) is 10.5. The Labute approximate surface area is 170 Å². The minimum Gasteiger partial charge on any atom is -0.493 e. The minimum atomic E-state index is -0.525. The van der Waals surface area contributed by atoms with Crippen molar-refractivity contribution in [2.45, 2.75) is 20.3 Å². The Morgan fingerprint density at radius 3 is 2.59 bits per heavy atom. The number of ether oxygens (including phenoxy) is 2. The Balaban J connectivity index is 1.87. The van der Waals surface area contributed by atoms with E-state index in [1.165, 1.54) is 13.3 Å².